The molecule has 1 amide bonds. The van der Waals surface area contributed by atoms with Crippen LogP contribution < -0.4 is 10.6 Å². The Balaban J connectivity index is 1.76. The van der Waals surface area contributed by atoms with Gasteiger partial charge in [0.25, 0.3) is 0 Å². The van der Waals surface area contributed by atoms with Crippen molar-refractivity contribution >= 4 is 34.1 Å². The molecule has 8 heteroatoms. The zero-order valence-electron chi connectivity index (χ0n) is 12.1. The summed E-state index contributed by atoms with van der Waals surface area (Å²) >= 11 is 2.76. The number of amides is 1. The first-order valence-electron chi connectivity index (χ1n) is 6.88. The zero-order chi connectivity index (χ0) is 15.8. The molecule has 22 heavy (non-hydrogen) atoms. The second-order valence-electron chi connectivity index (χ2n) is 4.49. The quantitative estimate of drug-likeness (QED) is 0.723. The molecular formula is C14H17FN4OS2. The molecule has 2 N–H and O–H groups in total. The Labute approximate surface area is 136 Å². The molecule has 0 unspecified atom stereocenters. The molecule has 1 aromatic heterocycles. The van der Waals surface area contributed by atoms with Gasteiger partial charge < -0.3 is 10.6 Å². The summed E-state index contributed by atoms with van der Waals surface area (Å²) < 4.78 is 13.5. The topological polar surface area (TPSA) is 66.9 Å². The van der Waals surface area contributed by atoms with Crippen LogP contribution in [-0.2, 0) is 11.3 Å². The standard InChI is InChI=1S/C14H17FN4OS2/c1-2-7-16-12(20)9-21-14-19-18-13(22-14)17-8-10-3-5-11(15)6-4-10/h3-6H,2,7-9H2,1H3,(H,16,20)(H,17,18). The molecule has 1 aromatic carbocycles. The summed E-state index contributed by atoms with van der Waals surface area (Å²) in [5, 5.41) is 14.7. The van der Waals surface area contributed by atoms with E-state index in [2.05, 4.69) is 20.8 Å². The highest BCUT2D eigenvalue weighted by molar-refractivity contribution is 8.01. The van der Waals surface area contributed by atoms with Gasteiger partial charge in [-0.1, -0.05) is 42.2 Å². The van der Waals surface area contributed by atoms with Gasteiger partial charge in [-0.2, -0.15) is 0 Å². The van der Waals surface area contributed by atoms with Crippen LogP contribution in [0.15, 0.2) is 28.6 Å². The summed E-state index contributed by atoms with van der Waals surface area (Å²) in [7, 11) is 0. The van der Waals surface area contributed by atoms with Crippen LogP contribution in [0.3, 0.4) is 0 Å². The van der Waals surface area contributed by atoms with Crippen molar-refractivity contribution < 1.29 is 9.18 Å². The second kappa shape index (κ2) is 8.70. The van der Waals surface area contributed by atoms with Crippen molar-refractivity contribution in [2.45, 2.75) is 24.2 Å². The lowest BCUT2D eigenvalue weighted by molar-refractivity contribution is -0.118. The van der Waals surface area contributed by atoms with Crippen LogP contribution in [0.5, 0.6) is 0 Å². The van der Waals surface area contributed by atoms with Crippen molar-refractivity contribution in [3.05, 3.63) is 35.6 Å². The molecule has 0 aliphatic carbocycles. The van der Waals surface area contributed by atoms with Gasteiger partial charge >= 0.3 is 0 Å². The Morgan fingerprint density at radius 2 is 2.09 bits per heavy atom. The van der Waals surface area contributed by atoms with Crippen LogP contribution in [0.1, 0.15) is 18.9 Å². The van der Waals surface area contributed by atoms with Crippen LogP contribution in [-0.4, -0.2) is 28.4 Å². The minimum Gasteiger partial charge on any atom is -0.356 e. The number of nitrogens with zero attached hydrogens (tertiary/aromatic N) is 2. The molecule has 118 valence electrons. The van der Waals surface area contributed by atoms with E-state index in [1.165, 1.54) is 35.2 Å². The van der Waals surface area contributed by atoms with Gasteiger partial charge in [-0.3, -0.25) is 4.79 Å². The smallest absolute Gasteiger partial charge is 0.230 e. The number of anilines is 1. The van der Waals surface area contributed by atoms with Crippen LogP contribution >= 0.6 is 23.1 Å². The van der Waals surface area contributed by atoms with Crippen LogP contribution in [0.25, 0.3) is 0 Å². The van der Waals surface area contributed by atoms with Gasteiger partial charge in [0.15, 0.2) is 4.34 Å². The van der Waals surface area contributed by atoms with Crippen molar-refractivity contribution in [2.24, 2.45) is 0 Å². The van der Waals surface area contributed by atoms with E-state index in [-0.39, 0.29) is 11.7 Å². The number of thioether (sulfide) groups is 1. The molecule has 0 radical (unpaired) electrons. The average molecular weight is 340 g/mol. The van der Waals surface area contributed by atoms with Gasteiger partial charge in [-0.25, -0.2) is 4.39 Å². The maximum absolute atomic E-state index is 12.8. The van der Waals surface area contributed by atoms with E-state index in [0.717, 1.165) is 16.3 Å². The Bertz CT molecular complexity index is 603. The van der Waals surface area contributed by atoms with E-state index in [1.54, 1.807) is 12.1 Å². The molecule has 5 nitrogen and oxygen atoms in total. The van der Waals surface area contributed by atoms with Crippen molar-refractivity contribution in [3.8, 4) is 0 Å². The van der Waals surface area contributed by atoms with E-state index < -0.39 is 0 Å². The first kappa shape index (κ1) is 16.7. The summed E-state index contributed by atoms with van der Waals surface area (Å²) in [6, 6.07) is 6.29. The summed E-state index contributed by atoms with van der Waals surface area (Å²) in [5.41, 5.74) is 0.963. The molecule has 2 aromatic rings. The molecule has 0 atom stereocenters. The number of halogens is 1. The number of rotatable bonds is 8. The predicted molar refractivity (Wildman–Crippen MR) is 87.7 cm³/mol. The SMILES string of the molecule is CCCNC(=O)CSc1nnc(NCc2ccc(F)cc2)s1. The third-order valence-corrected chi connectivity index (χ3v) is 4.68. The fraction of sp³-hybridized carbons (Fsp3) is 0.357. The van der Waals surface area contributed by atoms with Gasteiger partial charge in [0.05, 0.1) is 5.75 Å². The lowest BCUT2D eigenvalue weighted by atomic mass is 10.2. The Morgan fingerprint density at radius 1 is 1.32 bits per heavy atom. The van der Waals surface area contributed by atoms with E-state index in [9.17, 15) is 9.18 Å². The Morgan fingerprint density at radius 3 is 2.82 bits per heavy atom. The summed E-state index contributed by atoms with van der Waals surface area (Å²) in [4.78, 5) is 11.5. The molecule has 0 saturated carbocycles. The van der Waals surface area contributed by atoms with Crippen LogP contribution in [0.2, 0.25) is 0 Å². The first-order valence-corrected chi connectivity index (χ1v) is 8.69. The van der Waals surface area contributed by atoms with Gasteiger partial charge in [-0.05, 0) is 24.1 Å². The van der Waals surface area contributed by atoms with Crippen molar-refractivity contribution in [3.63, 3.8) is 0 Å². The number of hydrogen-bond acceptors (Lipinski definition) is 6. The normalized spacial score (nSPS) is 10.5. The van der Waals surface area contributed by atoms with Crippen LogP contribution in [0.4, 0.5) is 9.52 Å². The van der Waals surface area contributed by atoms with Gasteiger partial charge in [0.2, 0.25) is 11.0 Å². The van der Waals surface area contributed by atoms with Crippen molar-refractivity contribution in [1.82, 2.24) is 15.5 Å². The molecule has 0 saturated heterocycles. The van der Waals surface area contributed by atoms with Crippen LogP contribution in [0, 0.1) is 5.82 Å². The summed E-state index contributed by atoms with van der Waals surface area (Å²) in [6.45, 7) is 3.26. The van der Waals surface area contributed by atoms with E-state index in [1.807, 2.05) is 6.92 Å². The number of hydrogen-bond donors (Lipinski definition) is 2. The highest BCUT2D eigenvalue weighted by atomic mass is 32.2. The molecule has 0 aliphatic heterocycles. The molecule has 1 heterocycles. The highest BCUT2D eigenvalue weighted by Crippen LogP contribution is 2.25. The van der Waals surface area contributed by atoms with E-state index in [0.29, 0.717) is 24.0 Å². The molecule has 0 bridgehead atoms. The molecule has 0 spiro atoms. The van der Waals surface area contributed by atoms with Crippen molar-refractivity contribution in [1.29, 1.82) is 0 Å². The molecule has 2 rings (SSSR count). The largest absolute Gasteiger partial charge is 0.356 e. The van der Waals surface area contributed by atoms with Gasteiger partial charge in [-0.15, -0.1) is 10.2 Å². The highest BCUT2D eigenvalue weighted by Gasteiger charge is 2.07. The maximum Gasteiger partial charge on any atom is 0.230 e. The van der Waals surface area contributed by atoms with Gasteiger partial charge in [0, 0.05) is 13.1 Å². The number of carbonyl (C=O) groups is 1. The third kappa shape index (κ3) is 5.61. The Hall–Kier alpha value is -1.67. The number of aromatic nitrogens is 2. The minimum atomic E-state index is -0.250. The Kier molecular flexibility index (Phi) is 6.60. The number of nitrogens with one attached hydrogen (secondary N) is 2. The number of carbonyl (C=O) groups excluding carboxylic acids is 1. The molecular weight excluding hydrogens is 323 g/mol. The second-order valence-corrected chi connectivity index (χ2v) is 6.69. The lowest BCUT2D eigenvalue weighted by Crippen LogP contribution is -2.25. The predicted octanol–water partition coefficient (Wildman–Crippen LogP) is 2.91. The first-order chi connectivity index (χ1) is 10.7. The zero-order valence-corrected chi connectivity index (χ0v) is 13.8. The van der Waals surface area contributed by atoms with Gasteiger partial charge in [0.1, 0.15) is 5.82 Å². The summed E-state index contributed by atoms with van der Waals surface area (Å²) in [6.07, 6.45) is 0.923. The summed E-state index contributed by atoms with van der Waals surface area (Å²) in [5.74, 6) is 0.0923. The third-order valence-electron chi connectivity index (χ3n) is 2.66. The fourth-order valence-electron chi connectivity index (χ4n) is 1.56. The minimum absolute atomic E-state index is 0.00266. The fourth-order valence-corrected chi connectivity index (χ4v) is 3.14. The lowest BCUT2D eigenvalue weighted by Gasteiger charge is -2.01. The number of benzene rings is 1. The van der Waals surface area contributed by atoms with E-state index in [4.69, 9.17) is 0 Å². The molecule has 0 fully saturated rings. The average Bonchev–Trinajstić information content (AvgIpc) is 2.98. The monoisotopic (exact) mass is 340 g/mol. The maximum atomic E-state index is 12.8. The molecule has 0 aliphatic rings. The van der Waals surface area contributed by atoms with Crippen molar-refractivity contribution in [2.75, 3.05) is 17.6 Å². The van der Waals surface area contributed by atoms with E-state index >= 15 is 0 Å².